The van der Waals surface area contributed by atoms with Crippen molar-refractivity contribution in [2.75, 3.05) is 24.9 Å². The number of nitrogens with zero attached hydrogens (tertiary/aromatic N) is 1. The summed E-state index contributed by atoms with van der Waals surface area (Å²) >= 11 is 6.10. The van der Waals surface area contributed by atoms with Crippen LogP contribution in [0.1, 0.15) is 16.1 Å². The predicted octanol–water partition coefficient (Wildman–Crippen LogP) is 5.06. The molecule has 1 aromatic heterocycles. The first-order chi connectivity index (χ1) is 13.5. The molecule has 0 spiro atoms. The zero-order chi connectivity index (χ0) is 20.1. The van der Waals surface area contributed by atoms with Crippen molar-refractivity contribution < 1.29 is 14.3 Å². The number of carbonyl (C=O) groups excluding carboxylic acids is 1. The predicted molar refractivity (Wildman–Crippen MR) is 111 cm³/mol. The number of aromatic nitrogens is 1. The lowest BCUT2D eigenvalue weighted by Crippen LogP contribution is -2.14. The van der Waals surface area contributed by atoms with Crippen LogP contribution in [0.2, 0.25) is 5.02 Å². The minimum absolute atomic E-state index is 0.258. The Morgan fingerprint density at radius 1 is 1.00 bits per heavy atom. The molecular weight excluding hydrogens is 378 g/mol. The van der Waals surface area contributed by atoms with Crippen molar-refractivity contribution in [3.05, 3.63) is 71.0 Å². The average Bonchev–Trinajstić information content (AvgIpc) is 2.69. The van der Waals surface area contributed by atoms with Crippen LogP contribution in [0, 0.1) is 6.92 Å². The maximum atomic E-state index is 12.7. The zero-order valence-electron chi connectivity index (χ0n) is 15.7. The highest BCUT2D eigenvalue weighted by molar-refractivity contribution is 6.32. The summed E-state index contributed by atoms with van der Waals surface area (Å²) < 4.78 is 10.5. The zero-order valence-corrected chi connectivity index (χ0v) is 16.5. The Labute approximate surface area is 168 Å². The number of hydrogen-bond acceptors (Lipinski definition) is 5. The monoisotopic (exact) mass is 397 g/mol. The standard InChI is InChI=1S/C21H20ClN3O3/c1-13-5-4-6-14(9-13)24-15-7-8-23-18(10-15)21(26)25-17-12-19(27-2)16(22)11-20(17)28-3/h4-12H,1-3H3,(H,23,24)(H,25,26). The van der Waals surface area contributed by atoms with Crippen LogP contribution in [0.15, 0.2) is 54.7 Å². The molecule has 1 amide bonds. The summed E-state index contributed by atoms with van der Waals surface area (Å²) in [5, 5.41) is 6.45. The van der Waals surface area contributed by atoms with Gasteiger partial charge >= 0.3 is 0 Å². The number of pyridine rings is 1. The molecule has 0 aliphatic carbocycles. The van der Waals surface area contributed by atoms with Gasteiger partial charge in [-0.15, -0.1) is 0 Å². The maximum absolute atomic E-state index is 12.7. The van der Waals surface area contributed by atoms with Crippen LogP contribution in [-0.2, 0) is 0 Å². The van der Waals surface area contributed by atoms with E-state index in [0.29, 0.717) is 22.2 Å². The Kier molecular flexibility index (Phi) is 6.01. The van der Waals surface area contributed by atoms with Crippen molar-refractivity contribution in [1.82, 2.24) is 4.98 Å². The molecule has 2 N–H and O–H groups in total. The van der Waals surface area contributed by atoms with Crippen LogP contribution >= 0.6 is 11.6 Å². The molecule has 0 atom stereocenters. The number of hydrogen-bond donors (Lipinski definition) is 2. The molecule has 0 aliphatic heterocycles. The van der Waals surface area contributed by atoms with Crippen molar-refractivity contribution in [2.24, 2.45) is 0 Å². The number of methoxy groups -OCH3 is 2. The summed E-state index contributed by atoms with van der Waals surface area (Å²) in [5.41, 5.74) is 3.52. The summed E-state index contributed by atoms with van der Waals surface area (Å²) in [6.45, 7) is 2.02. The number of aryl methyl sites for hydroxylation is 1. The highest BCUT2D eigenvalue weighted by atomic mass is 35.5. The molecule has 6 nitrogen and oxygen atoms in total. The summed E-state index contributed by atoms with van der Waals surface area (Å²) in [4.78, 5) is 16.9. The second-order valence-corrected chi connectivity index (χ2v) is 6.47. The van der Waals surface area contributed by atoms with E-state index < -0.39 is 0 Å². The fraction of sp³-hybridized carbons (Fsp3) is 0.143. The first-order valence-corrected chi connectivity index (χ1v) is 8.90. The topological polar surface area (TPSA) is 72.5 Å². The van der Waals surface area contributed by atoms with Gasteiger partial charge in [0.15, 0.2) is 0 Å². The van der Waals surface area contributed by atoms with E-state index in [1.807, 2.05) is 31.2 Å². The molecule has 0 saturated carbocycles. The fourth-order valence-electron chi connectivity index (χ4n) is 2.67. The molecule has 0 radical (unpaired) electrons. The molecule has 0 bridgehead atoms. The molecule has 2 aromatic carbocycles. The van der Waals surface area contributed by atoms with Gasteiger partial charge in [-0.1, -0.05) is 23.7 Å². The van der Waals surface area contributed by atoms with E-state index in [1.54, 1.807) is 30.5 Å². The lowest BCUT2D eigenvalue weighted by molar-refractivity contribution is 0.102. The van der Waals surface area contributed by atoms with E-state index in [2.05, 4.69) is 15.6 Å². The number of anilines is 3. The first kappa shape index (κ1) is 19.5. The van der Waals surface area contributed by atoms with E-state index >= 15 is 0 Å². The van der Waals surface area contributed by atoms with Gasteiger partial charge in [0.25, 0.3) is 5.91 Å². The molecule has 0 unspecified atom stereocenters. The van der Waals surface area contributed by atoms with Gasteiger partial charge in [0.1, 0.15) is 17.2 Å². The largest absolute Gasteiger partial charge is 0.495 e. The smallest absolute Gasteiger partial charge is 0.274 e. The first-order valence-electron chi connectivity index (χ1n) is 8.53. The Balaban J connectivity index is 1.82. The average molecular weight is 398 g/mol. The van der Waals surface area contributed by atoms with Crippen LogP contribution in [-0.4, -0.2) is 25.1 Å². The number of benzene rings is 2. The number of amides is 1. The van der Waals surface area contributed by atoms with Crippen LogP contribution in [0.3, 0.4) is 0 Å². The summed E-state index contributed by atoms with van der Waals surface area (Å²) in [7, 11) is 3.00. The highest BCUT2D eigenvalue weighted by Gasteiger charge is 2.15. The summed E-state index contributed by atoms with van der Waals surface area (Å²) in [6, 6.07) is 14.6. The SMILES string of the molecule is COc1cc(NC(=O)c2cc(Nc3cccc(C)c3)ccn2)c(OC)cc1Cl. The molecule has 0 fully saturated rings. The number of rotatable bonds is 6. The Morgan fingerprint density at radius 3 is 2.46 bits per heavy atom. The van der Waals surface area contributed by atoms with Gasteiger partial charge in [-0.05, 0) is 36.8 Å². The van der Waals surface area contributed by atoms with Crippen molar-refractivity contribution in [3.63, 3.8) is 0 Å². The minimum Gasteiger partial charge on any atom is -0.495 e. The lowest BCUT2D eigenvalue weighted by atomic mass is 10.2. The molecule has 1 heterocycles. The lowest BCUT2D eigenvalue weighted by Gasteiger charge is -2.13. The van der Waals surface area contributed by atoms with Crippen LogP contribution in [0.4, 0.5) is 17.1 Å². The van der Waals surface area contributed by atoms with Crippen molar-refractivity contribution in [1.29, 1.82) is 0 Å². The van der Waals surface area contributed by atoms with Gasteiger partial charge in [-0.25, -0.2) is 0 Å². The molecule has 0 saturated heterocycles. The number of halogens is 1. The van der Waals surface area contributed by atoms with E-state index in [9.17, 15) is 4.79 Å². The van der Waals surface area contributed by atoms with Gasteiger partial charge in [-0.3, -0.25) is 9.78 Å². The third kappa shape index (κ3) is 4.53. The van der Waals surface area contributed by atoms with Crippen LogP contribution in [0.5, 0.6) is 11.5 Å². The maximum Gasteiger partial charge on any atom is 0.274 e. The molecule has 0 aliphatic rings. The van der Waals surface area contributed by atoms with E-state index in [0.717, 1.165) is 16.9 Å². The van der Waals surface area contributed by atoms with Crippen molar-refractivity contribution in [2.45, 2.75) is 6.92 Å². The van der Waals surface area contributed by atoms with Gasteiger partial charge in [0, 0.05) is 29.7 Å². The fourth-order valence-corrected chi connectivity index (χ4v) is 2.90. The minimum atomic E-state index is -0.379. The number of nitrogens with one attached hydrogen (secondary N) is 2. The van der Waals surface area contributed by atoms with Gasteiger partial charge in [0.05, 0.1) is 24.9 Å². The second-order valence-electron chi connectivity index (χ2n) is 6.07. The number of ether oxygens (including phenoxy) is 2. The molecule has 3 rings (SSSR count). The summed E-state index contributed by atoms with van der Waals surface area (Å²) in [6.07, 6.45) is 1.58. The molecule has 28 heavy (non-hydrogen) atoms. The van der Waals surface area contributed by atoms with E-state index in [-0.39, 0.29) is 11.6 Å². The molecule has 144 valence electrons. The normalized spacial score (nSPS) is 10.3. The molecular formula is C21H20ClN3O3. The Bertz CT molecular complexity index is 1010. The quantitative estimate of drug-likeness (QED) is 0.608. The van der Waals surface area contributed by atoms with E-state index in [4.69, 9.17) is 21.1 Å². The summed E-state index contributed by atoms with van der Waals surface area (Å²) in [5.74, 6) is 0.476. The van der Waals surface area contributed by atoms with Gasteiger partial charge in [-0.2, -0.15) is 0 Å². The number of carbonyl (C=O) groups is 1. The highest BCUT2D eigenvalue weighted by Crippen LogP contribution is 2.36. The van der Waals surface area contributed by atoms with Gasteiger partial charge < -0.3 is 20.1 Å². The third-order valence-electron chi connectivity index (χ3n) is 4.02. The van der Waals surface area contributed by atoms with Gasteiger partial charge in [0.2, 0.25) is 0 Å². The second kappa shape index (κ2) is 8.63. The molecule has 7 heteroatoms. The van der Waals surface area contributed by atoms with Crippen LogP contribution in [0.25, 0.3) is 0 Å². The van der Waals surface area contributed by atoms with Crippen LogP contribution < -0.4 is 20.1 Å². The van der Waals surface area contributed by atoms with Crippen molar-refractivity contribution >= 4 is 34.6 Å². The third-order valence-corrected chi connectivity index (χ3v) is 4.32. The van der Waals surface area contributed by atoms with Crippen molar-refractivity contribution in [3.8, 4) is 11.5 Å². The van der Waals surface area contributed by atoms with E-state index in [1.165, 1.54) is 14.2 Å². The Hall–Kier alpha value is -3.25. The Morgan fingerprint density at radius 2 is 1.75 bits per heavy atom. The molecule has 3 aromatic rings.